The van der Waals surface area contributed by atoms with Gasteiger partial charge in [-0.1, -0.05) is 0 Å². The number of benzene rings is 2. The predicted octanol–water partition coefficient (Wildman–Crippen LogP) is 3.58. The fourth-order valence-electron chi connectivity index (χ4n) is 3.09. The van der Waals surface area contributed by atoms with E-state index in [1.807, 2.05) is 18.2 Å². The van der Waals surface area contributed by atoms with Crippen molar-refractivity contribution in [1.29, 1.82) is 0 Å². The number of anilines is 3. The van der Waals surface area contributed by atoms with Gasteiger partial charge in [-0.05, 0) is 36.4 Å². The highest BCUT2D eigenvalue weighted by atomic mass is 16.7. The van der Waals surface area contributed by atoms with Crippen LogP contribution in [-0.4, -0.2) is 30.9 Å². The molecule has 146 valence electrons. The van der Waals surface area contributed by atoms with Gasteiger partial charge < -0.3 is 29.6 Å². The maximum absolute atomic E-state index is 12.6. The van der Waals surface area contributed by atoms with Crippen LogP contribution < -0.4 is 29.6 Å². The minimum atomic E-state index is -0.324. The number of hydrogen-bond acceptors (Lipinski definition) is 7. The van der Waals surface area contributed by atoms with Crippen LogP contribution in [0.5, 0.6) is 23.0 Å². The summed E-state index contributed by atoms with van der Waals surface area (Å²) < 4.78 is 21.7. The van der Waals surface area contributed by atoms with Crippen molar-refractivity contribution in [3.05, 3.63) is 60.4 Å². The molecule has 8 heteroatoms. The fraction of sp³-hybridized carbons (Fsp3) is 0.143. The lowest BCUT2D eigenvalue weighted by Crippen LogP contribution is -2.15. The number of carbonyl (C=O) groups excluding carboxylic acids is 1. The number of carbonyl (C=O) groups is 1. The average Bonchev–Trinajstić information content (AvgIpc) is 3.22. The Kier molecular flexibility index (Phi) is 4.28. The molecule has 0 fully saturated rings. The predicted molar refractivity (Wildman–Crippen MR) is 105 cm³/mol. The smallest absolute Gasteiger partial charge is 0.274 e. The second-order valence-corrected chi connectivity index (χ2v) is 6.44. The minimum Gasteiger partial charge on any atom is -0.486 e. The summed E-state index contributed by atoms with van der Waals surface area (Å²) >= 11 is 0. The molecule has 2 aliphatic rings. The van der Waals surface area contributed by atoms with Gasteiger partial charge >= 0.3 is 0 Å². The van der Waals surface area contributed by atoms with Crippen molar-refractivity contribution in [2.75, 3.05) is 30.6 Å². The number of fused-ring (bicyclic) bond motifs is 2. The highest BCUT2D eigenvalue weighted by molar-refractivity contribution is 6.03. The molecule has 0 aliphatic carbocycles. The highest BCUT2D eigenvalue weighted by Crippen LogP contribution is 2.35. The quantitative estimate of drug-likeness (QED) is 0.702. The largest absolute Gasteiger partial charge is 0.486 e. The van der Waals surface area contributed by atoms with Crippen molar-refractivity contribution in [1.82, 2.24) is 4.98 Å². The van der Waals surface area contributed by atoms with Crippen LogP contribution >= 0.6 is 0 Å². The summed E-state index contributed by atoms with van der Waals surface area (Å²) in [6.45, 7) is 1.25. The normalized spacial score (nSPS) is 13.7. The van der Waals surface area contributed by atoms with E-state index in [4.69, 9.17) is 18.9 Å². The van der Waals surface area contributed by atoms with Gasteiger partial charge in [0.15, 0.2) is 23.0 Å². The summed E-state index contributed by atoms with van der Waals surface area (Å²) in [5, 5.41) is 6.07. The van der Waals surface area contributed by atoms with E-state index in [1.165, 1.54) is 0 Å². The van der Waals surface area contributed by atoms with Crippen LogP contribution in [0.2, 0.25) is 0 Å². The van der Waals surface area contributed by atoms with Crippen molar-refractivity contribution in [3.63, 3.8) is 0 Å². The highest BCUT2D eigenvalue weighted by Gasteiger charge is 2.16. The molecule has 0 saturated carbocycles. The van der Waals surface area contributed by atoms with E-state index >= 15 is 0 Å². The zero-order valence-corrected chi connectivity index (χ0v) is 15.3. The molecule has 1 amide bonds. The van der Waals surface area contributed by atoms with Crippen LogP contribution in [0, 0.1) is 0 Å². The molecule has 0 radical (unpaired) electrons. The van der Waals surface area contributed by atoms with Crippen molar-refractivity contribution < 1.29 is 23.7 Å². The number of nitrogens with zero attached hydrogens (tertiary/aromatic N) is 1. The van der Waals surface area contributed by atoms with E-state index in [0.29, 0.717) is 36.1 Å². The van der Waals surface area contributed by atoms with E-state index in [2.05, 4.69) is 15.6 Å². The molecule has 29 heavy (non-hydrogen) atoms. The number of pyridine rings is 1. The van der Waals surface area contributed by atoms with Gasteiger partial charge in [-0.2, -0.15) is 0 Å². The molecule has 0 unspecified atom stereocenters. The van der Waals surface area contributed by atoms with Crippen LogP contribution in [0.1, 0.15) is 10.5 Å². The van der Waals surface area contributed by atoms with E-state index in [9.17, 15) is 4.79 Å². The Morgan fingerprint density at radius 3 is 2.31 bits per heavy atom. The first-order chi connectivity index (χ1) is 14.2. The minimum absolute atomic E-state index is 0.182. The Labute approximate surface area is 166 Å². The lowest BCUT2D eigenvalue weighted by Gasteiger charge is -2.19. The molecule has 0 bridgehead atoms. The zero-order chi connectivity index (χ0) is 19.6. The molecule has 5 rings (SSSR count). The molecule has 8 nitrogen and oxygen atoms in total. The van der Waals surface area contributed by atoms with E-state index < -0.39 is 0 Å². The summed E-state index contributed by atoms with van der Waals surface area (Å²) in [7, 11) is 0. The van der Waals surface area contributed by atoms with Crippen LogP contribution in [-0.2, 0) is 0 Å². The van der Waals surface area contributed by atoms with Gasteiger partial charge in [0.1, 0.15) is 18.9 Å². The number of nitrogens with one attached hydrogen (secondary N) is 2. The summed E-state index contributed by atoms with van der Waals surface area (Å²) in [4.78, 5) is 16.8. The number of aromatic nitrogens is 1. The Bertz CT molecular complexity index is 1090. The summed E-state index contributed by atoms with van der Waals surface area (Å²) in [5.74, 6) is 2.35. The lowest BCUT2D eigenvalue weighted by molar-refractivity contribution is 0.102. The van der Waals surface area contributed by atoms with E-state index in [0.717, 1.165) is 17.1 Å². The zero-order valence-electron chi connectivity index (χ0n) is 15.3. The lowest BCUT2D eigenvalue weighted by atomic mass is 10.2. The molecule has 0 spiro atoms. The maximum Gasteiger partial charge on any atom is 0.274 e. The van der Waals surface area contributed by atoms with Crippen molar-refractivity contribution in [2.45, 2.75) is 0 Å². The van der Waals surface area contributed by atoms with Gasteiger partial charge in [0, 0.05) is 35.4 Å². The van der Waals surface area contributed by atoms with Crippen molar-refractivity contribution in [2.24, 2.45) is 0 Å². The fourth-order valence-corrected chi connectivity index (χ4v) is 3.09. The molecule has 2 aliphatic heterocycles. The first-order valence-electron chi connectivity index (χ1n) is 9.08. The third kappa shape index (κ3) is 3.60. The standard InChI is InChI=1S/C21H17N3O5/c25-21(24-14-2-4-18-20(11-14)29-12-28-18)16-9-15(5-6-22-16)23-13-1-3-17-19(10-13)27-8-7-26-17/h1-6,9-11H,7-8,12H2,(H,22,23)(H,24,25). The van der Waals surface area contributed by atoms with E-state index in [1.54, 1.807) is 36.5 Å². The Hall–Kier alpha value is -3.94. The summed E-state index contributed by atoms with van der Waals surface area (Å²) in [6, 6.07) is 14.3. The molecule has 3 aromatic rings. The molecule has 0 saturated heterocycles. The van der Waals surface area contributed by atoms with Gasteiger partial charge in [0.25, 0.3) is 5.91 Å². The second-order valence-electron chi connectivity index (χ2n) is 6.44. The molecular formula is C21H17N3O5. The number of hydrogen-bond donors (Lipinski definition) is 2. The topological polar surface area (TPSA) is 90.9 Å². The van der Waals surface area contributed by atoms with Gasteiger partial charge in [-0.15, -0.1) is 0 Å². The number of ether oxygens (including phenoxy) is 4. The number of amides is 1. The van der Waals surface area contributed by atoms with E-state index in [-0.39, 0.29) is 18.4 Å². The van der Waals surface area contributed by atoms with Crippen LogP contribution in [0.4, 0.5) is 17.1 Å². The Morgan fingerprint density at radius 1 is 0.759 bits per heavy atom. The molecule has 0 atom stereocenters. The van der Waals surface area contributed by atoms with Crippen molar-refractivity contribution in [3.8, 4) is 23.0 Å². The average molecular weight is 391 g/mol. The Balaban J connectivity index is 1.31. The molecule has 2 aromatic carbocycles. The van der Waals surface area contributed by atoms with Crippen LogP contribution in [0.3, 0.4) is 0 Å². The summed E-state index contributed by atoms with van der Waals surface area (Å²) in [5.41, 5.74) is 2.44. The molecule has 2 N–H and O–H groups in total. The van der Waals surface area contributed by atoms with Crippen LogP contribution in [0.25, 0.3) is 0 Å². The van der Waals surface area contributed by atoms with Gasteiger partial charge in [0.05, 0.1) is 0 Å². The first kappa shape index (κ1) is 17.2. The second kappa shape index (κ2) is 7.23. The SMILES string of the molecule is O=C(Nc1ccc2c(c1)OCO2)c1cc(Nc2ccc3c(c2)OCCO3)ccn1. The third-order valence-corrected chi connectivity index (χ3v) is 4.45. The molecular weight excluding hydrogens is 374 g/mol. The Morgan fingerprint density at radius 2 is 1.41 bits per heavy atom. The van der Waals surface area contributed by atoms with Gasteiger partial charge in [-0.3, -0.25) is 9.78 Å². The third-order valence-electron chi connectivity index (χ3n) is 4.45. The molecule has 3 heterocycles. The first-order valence-corrected chi connectivity index (χ1v) is 9.08. The van der Waals surface area contributed by atoms with Gasteiger partial charge in [-0.25, -0.2) is 0 Å². The van der Waals surface area contributed by atoms with Gasteiger partial charge in [0.2, 0.25) is 6.79 Å². The van der Waals surface area contributed by atoms with Crippen LogP contribution in [0.15, 0.2) is 54.7 Å². The van der Waals surface area contributed by atoms with Crippen molar-refractivity contribution >= 4 is 23.0 Å². The molecule has 1 aromatic heterocycles. The monoisotopic (exact) mass is 391 g/mol. The summed E-state index contributed by atoms with van der Waals surface area (Å²) in [6.07, 6.45) is 1.58. The number of rotatable bonds is 4. The maximum atomic E-state index is 12.6.